The third-order valence-electron chi connectivity index (χ3n) is 7.19. The molecule has 2 aromatic heterocycles. The lowest BCUT2D eigenvalue weighted by Crippen LogP contribution is -2.47. The predicted octanol–water partition coefficient (Wildman–Crippen LogP) is 5.53. The van der Waals surface area contributed by atoms with Gasteiger partial charge in [0.15, 0.2) is 0 Å². The summed E-state index contributed by atoms with van der Waals surface area (Å²) in [6.07, 6.45) is 8.95. The van der Waals surface area contributed by atoms with Gasteiger partial charge in [0.05, 0.1) is 26.3 Å². The summed E-state index contributed by atoms with van der Waals surface area (Å²) in [6, 6.07) is 18.2. The van der Waals surface area contributed by atoms with Gasteiger partial charge in [-0.05, 0) is 54.3 Å². The first-order chi connectivity index (χ1) is 18.1. The van der Waals surface area contributed by atoms with Crippen LogP contribution in [0, 0.1) is 0 Å². The van der Waals surface area contributed by atoms with Crippen LogP contribution in [0.3, 0.4) is 0 Å². The first-order valence-corrected chi connectivity index (χ1v) is 12.9. The number of para-hydroxylation sites is 1. The Morgan fingerprint density at radius 1 is 1.05 bits per heavy atom. The van der Waals surface area contributed by atoms with E-state index in [0.29, 0.717) is 11.5 Å². The van der Waals surface area contributed by atoms with E-state index < -0.39 is 6.04 Å². The van der Waals surface area contributed by atoms with E-state index in [2.05, 4.69) is 10.3 Å². The molecule has 1 saturated carbocycles. The number of aromatic nitrogens is 1. The van der Waals surface area contributed by atoms with Crippen LogP contribution < -0.4 is 10.1 Å². The van der Waals surface area contributed by atoms with E-state index in [1.165, 1.54) is 6.42 Å². The largest absolute Gasteiger partial charge is 0.497 e. The maximum absolute atomic E-state index is 14.0. The molecule has 7 heteroatoms. The number of fused-ring (bicyclic) bond motifs is 1. The van der Waals surface area contributed by atoms with Crippen molar-refractivity contribution in [1.82, 2.24) is 15.2 Å². The van der Waals surface area contributed by atoms with E-state index in [9.17, 15) is 9.59 Å². The summed E-state index contributed by atoms with van der Waals surface area (Å²) < 4.78 is 11.0. The minimum absolute atomic E-state index is 0.121. The highest BCUT2D eigenvalue weighted by molar-refractivity contribution is 5.92. The third kappa shape index (κ3) is 5.71. The number of hydrogen-bond donors (Lipinski definition) is 2. The second kappa shape index (κ2) is 11.4. The number of nitrogens with zero attached hydrogens (tertiary/aromatic N) is 1. The molecule has 0 aliphatic heterocycles. The summed E-state index contributed by atoms with van der Waals surface area (Å²) in [7, 11) is 1.61. The SMILES string of the molecule is COc1ccc([C@@H](C(=O)NC2CCCCC2)N(Cc2ccco2)C(=O)Cc2c[nH]c3ccccc23)cc1. The van der Waals surface area contributed by atoms with Gasteiger partial charge in [-0.25, -0.2) is 0 Å². The molecule has 192 valence electrons. The summed E-state index contributed by atoms with van der Waals surface area (Å²) in [5, 5.41) is 4.25. The van der Waals surface area contributed by atoms with Crippen LogP contribution in [-0.4, -0.2) is 34.8 Å². The Hall–Kier alpha value is -4.00. The fourth-order valence-corrected chi connectivity index (χ4v) is 5.22. The lowest BCUT2D eigenvalue weighted by molar-refractivity contribution is -0.141. The molecular weight excluding hydrogens is 466 g/mol. The van der Waals surface area contributed by atoms with Crippen molar-refractivity contribution in [2.45, 2.75) is 57.2 Å². The van der Waals surface area contributed by atoms with Gasteiger partial charge in [0.1, 0.15) is 17.6 Å². The normalized spacial score (nSPS) is 14.8. The molecule has 1 aliphatic carbocycles. The third-order valence-corrected chi connectivity index (χ3v) is 7.19. The molecular formula is C30H33N3O4. The van der Waals surface area contributed by atoms with Crippen LogP contribution in [0.25, 0.3) is 10.9 Å². The molecule has 2 aromatic carbocycles. The van der Waals surface area contributed by atoms with E-state index in [4.69, 9.17) is 9.15 Å². The van der Waals surface area contributed by atoms with Crippen LogP contribution in [0.5, 0.6) is 5.75 Å². The zero-order valence-corrected chi connectivity index (χ0v) is 21.1. The fraction of sp³-hybridized carbons (Fsp3) is 0.333. The molecule has 0 spiro atoms. The van der Waals surface area contributed by atoms with Crippen LogP contribution in [0.2, 0.25) is 0 Å². The quantitative estimate of drug-likeness (QED) is 0.317. The van der Waals surface area contributed by atoms with Gasteiger partial charge in [-0.3, -0.25) is 9.59 Å². The Morgan fingerprint density at radius 2 is 1.84 bits per heavy atom. The predicted molar refractivity (Wildman–Crippen MR) is 142 cm³/mol. The number of furan rings is 1. The van der Waals surface area contributed by atoms with Crippen molar-refractivity contribution >= 4 is 22.7 Å². The topological polar surface area (TPSA) is 87.6 Å². The summed E-state index contributed by atoms with van der Waals surface area (Å²) in [5.74, 6) is 0.991. The summed E-state index contributed by atoms with van der Waals surface area (Å²) >= 11 is 0. The van der Waals surface area contributed by atoms with Gasteiger partial charge >= 0.3 is 0 Å². The van der Waals surface area contributed by atoms with Crippen LogP contribution in [0.1, 0.15) is 55.0 Å². The lowest BCUT2D eigenvalue weighted by atomic mass is 9.94. The molecule has 0 radical (unpaired) electrons. The molecule has 5 rings (SSSR count). The monoisotopic (exact) mass is 499 g/mol. The highest BCUT2D eigenvalue weighted by Gasteiger charge is 2.34. The Labute approximate surface area is 216 Å². The van der Waals surface area contributed by atoms with Crippen molar-refractivity contribution in [2.75, 3.05) is 7.11 Å². The number of hydrogen-bond acceptors (Lipinski definition) is 4. The Balaban J connectivity index is 1.49. The number of ether oxygens (including phenoxy) is 1. The summed E-state index contributed by atoms with van der Waals surface area (Å²) in [4.78, 5) is 32.7. The van der Waals surface area contributed by atoms with Gasteiger partial charge in [0.25, 0.3) is 0 Å². The number of carbonyl (C=O) groups is 2. The van der Waals surface area contributed by atoms with Gasteiger partial charge in [-0.15, -0.1) is 0 Å². The second-order valence-corrected chi connectivity index (χ2v) is 9.66. The van der Waals surface area contributed by atoms with Crippen molar-refractivity contribution < 1.29 is 18.7 Å². The van der Waals surface area contributed by atoms with E-state index in [-0.39, 0.29) is 30.8 Å². The molecule has 1 fully saturated rings. The van der Waals surface area contributed by atoms with Crippen molar-refractivity contribution in [2.24, 2.45) is 0 Å². The van der Waals surface area contributed by atoms with Gasteiger partial charge in [0.2, 0.25) is 11.8 Å². The lowest BCUT2D eigenvalue weighted by Gasteiger charge is -2.33. The first-order valence-electron chi connectivity index (χ1n) is 12.9. The molecule has 7 nitrogen and oxygen atoms in total. The Kier molecular flexibility index (Phi) is 7.59. The van der Waals surface area contributed by atoms with Crippen LogP contribution in [-0.2, 0) is 22.6 Å². The zero-order valence-electron chi connectivity index (χ0n) is 21.1. The average molecular weight is 500 g/mol. The van der Waals surface area contributed by atoms with Crippen LogP contribution in [0.4, 0.5) is 0 Å². The van der Waals surface area contributed by atoms with Crippen molar-refractivity contribution in [3.8, 4) is 5.75 Å². The first kappa shape index (κ1) is 24.7. The second-order valence-electron chi connectivity index (χ2n) is 9.66. The van der Waals surface area contributed by atoms with Gasteiger partial charge in [-0.1, -0.05) is 49.6 Å². The highest BCUT2D eigenvalue weighted by atomic mass is 16.5. The van der Waals surface area contributed by atoms with Crippen LogP contribution in [0.15, 0.2) is 77.5 Å². The molecule has 2 N–H and O–H groups in total. The van der Waals surface area contributed by atoms with Crippen molar-refractivity contribution in [1.29, 1.82) is 0 Å². The molecule has 37 heavy (non-hydrogen) atoms. The molecule has 0 saturated heterocycles. The maximum Gasteiger partial charge on any atom is 0.247 e. The molecule has 4 aromatic rings. The number of nitrogens with one attached hydrogen (secondary N) is 2. The number of amides is 2. The van der Waals surface area contributed by atoms with Crippen molar-refractivity contribution in [3.63, 3.8) is 0 Å². The number of carbonyl (C=O) groups excluding carboxylic acids is 2. The number of methoxy groups -OCH3 is 1. The van der Waals surface area contributed by atoms with E-state index >= 15 is 0 Å². The smallest absolute Gasteiger partial charge is 0.247 e. The molecule has 0 unspecified atom stereocenters. The summed E-state index contributed by atoms with van der Waals surface area (Å²) in [6.45, 7) is 0.184. The van der Waals surface area contributed by atoms with Gasteiger partial charge in [0, 0.05) is 23.1 Å². The van der Waals surface area contributed by atoms with Gasteiger partial charge < -0.3 is 24.4 Å². The van der Waals surface area contributed by atoms with Crippen molar-refractivity contribution in [3.05, 3.63) is 90.0 Å². The fourth-order valence-electron chi connectivity index (χ4n) is 5.22. The number of H-pyrrole nitrogens is 1. The number of benzene rings is 2. The van der Waals surface area contributed by atoms with Gasteiger partial charge in [-0.2, -0.15) is 0 Å². The number of rotatable bonds is 9. The minimum atomic E-state index is -0.810. The molecule has 0 bridgehead atoms. The average Bonchev–Trinajstić information content (AvgIpc) is 3.59. The molecule has 2 heterocycles. The van der Waals surface area contributed by atoms with E-state index in [1.807, 2.05) is 60.8 Å². The van der Waals surface area contributed by atoms with E-state index in [1.54, 1.807) is 24.3 Å². The minimum Gasteiger partial charge on any atom is -0.497 e. The molecule has 1 atom stereocenters. The highest BCUT2D eigenvalue weighted by Crippen LogP contribution is 2.29. The standard InChI is InChI=1S/C30H33N3O4/c1-36-24-15-13-21(14-16-24)29(30(35)32-23-8-3-2-4-9-23)33(20-25-10-7-17-37-25)28(34)18-22-19-31-27-12-6-5-11-26(22)27/h5-7,10-17,19,23,29,31H,2-4,8-9,18,20H2,1H3,(H,32,35)/t29-/m0/s1. The summed E-state index contributed by atoms with van der Waals surface area (Å²) in [5.41, 5.74) is 2.60. The Bertz CT molecular complexity index is 1320. The molecule has 2 amide bonds. The van der Waals surface area contributed by atoms with Crippen LogP contribution >= 0.6 is 0 Å². The number of aromatic amines is 1. The maximum atomic E-state index is 14.0. The molecule has 1 aliphatic rings. The Morgan fingerprint density at radius 3 is 2.57 bits per heavy atom. The van der Waals surface area contributed by atoms with E-state index in [0.717, 1.165) is 47.7 Å². The zero-order chi connectivity index (χ0) is 25.6.